The van der Waals surface area contributed by atoms with Crippen LogP contribution in [0.4, 0.5) is 52.7 Å². The third-order valence-corrected chi connectivity index (χ3v) is 21.2. The second-order valence-corrected chi connectivity index (χ2v) is 26.6. The van der Waals surface area contributed by atoms with E-state index in [0.29, 0.717) is 51.4 Å². The molecule has 12 atom stereocenters. The fraction of sp³-hybridized carbons (Fsp3) is 0.786. The maximum absolute atomic E-state index is 16.7. The zero-order valence-electron chi connectivity index (χ0n) is 43.4. The Bertz CT molecular complexity index is 2380. The first-order chi connectivity index (χ1) is 32.8. The van der Waals surface area contributed by atoms with Gasteiger partial charge in [-0.1, -0.05) is 109 Å². The van der Waals surface area contributed by atoms with Crippen LogP contribution < -0.4 is 18.9 Å². The molecule has 0 bridgehead atoms. The summed E-state index contributed by atoms with van der Waals surface area (Å²) in [4.78, 5) is 0. The standard InChI is InChI=1S/C56H70F12O4/c1-27-13-17-35-45(5,6)49(35,23-27)69-41-33(53(57,58)59)21-31(39(55(63,64)65)43(41)71-51-25-29(3)15-19-37(51)47(51,9)10)32-22-34(54(60,61)62)42(70-50-24-28(2)14-18-36(50)46(50,7)8)44(40(32)56(66,67)68)72-52-26-30(4)16-20-38(52)48(52,11)12/h21-22,27-30,35-38H,13-20,23-26H2,1-12H3. The maximum Gasteiger partial charge on any atom is 0.420 e. The molecule has 8 fully saturated rings. The molecule has 402 valence electrons. The second-order valence-electron chi connectivity index (χ2n) is 26.6. The molecule has 12 unspecified atom stereocenters. The quantitative estimate of drug-likeness (QED) is 0.235. The van der Waals surface area contributed by atoms with E-state index in [1.165, 1.54) is 0 Å². The minimum absolute atomic E-state index is 0.0869. The van der Waals surface area contributed by atoms with Crippen LogP contribution in [0, 0.1) is 69.0 Å². The molecule has 10 rings (SSSR count). The van der Waals surface area contributed by atoms with Gasteiger partial charge >= 0.3 is 24.7 Å². The highest BCUT2D eigenvalue weighted by Crippen LogP contribution is 2.77. The molecule has 0 aromatic heterocycles. The third-order valence-electron chi connectivity index (χ3n) is 21.2. The molecule has 0 saturated heterocycles. The van der Waals surface area contributed by atoms with E-state index in [-0.39, 0.29) is 73.3 Å². The van der Waals surface area contributed by atoms with Crippen LogP contribution in [0.2, 0.25) is 0 Å². The average Bonchev–Trinajstić information content (AvgIpc) is 4.12. The van der Waals surface area contributed by atoms with E-state index in [9.17, 15) is 0 Å². The van der Waals surface area contributed by atoms with E-state index < -0.39 is 137 Å². The van der Waals surface area contributed by atoms with Crippen molar-refractivity contribution < 1.29 is 71.6 Å². The second kappa shape index (κ2) is 15.3. The summed E-state index contributed by atoms with van der Waals surface area (Å²) < 4.78 is 224. The van der Waals surface area contributed by atoms with Crippen molar-refractivity contribution in [3.63, 3.8) is 0 Å². The summed E-state index contributed by atoms with van der Waals surface area (Å²) in [6.07, 6.45) is -17.8. The predicted octanol–water partition coefficient (Wildman–Crippen LogP) is 17.8. The van der Waals surface area contributed by atoms with Gasteiger partial charge in [0.1, 0.15) is 44.7 Å². The molecule has 0 aliphatic heterocycles. The van der Waals surface area contributed by atoms with Crippen LogP contribution in [0.1, 0.15) is 182 Å². The third kappa shape index (κ3) is 7.17. The van der Waals surface area contributed by atoms with Crippen LogP contribution in [-0.4, -0.2) is 22.4 Å². The van der Waals surface area contributed by atoms with Crippen molar-refractivity contribution in [1.29, 1.82) is 0 Å². The molecule has 0 spiro atoms. The van der Waals surface area contributed by atoms with Gasteiger partial charge < -0.3 is 18.9 Å². The number of rotatable bonds is 9. The summed E-state index contributed by atoms with van der Waals surface area (Å²) in [5, 5.41) is 0. The van der Waals surface area contributed by atoms with Crippen molar-refractivity contribution in [3.05, 3.63) is 34.4 Å². The number of ether oxygens (including phenoxy) is 4. The largest absolute Gasteiger partial charge is 0.482 e. The lowest BCUT2D eigenvalue weighted by molar-refractivity contribution is -0.146. The van der Waals surface area contributed by atoms with Gasteiger partial charge in [-0.25, -0.2) is 0 Å². The van der Waals surface area contributed by atoms with Gasteiger partial charge in [0.2, 0.25) is 0 Å². The Balaban J connectivity index is 1.32. The normalized spacial score (nSPS) is 38.8. The molecule has 0 N–H and O–H groups in total. The Morgan fingerprint density at radius 1 is 0.347 bits per heavy atom. The Morgan fingerprint density at radius 2 is 0.569 bits per heavy atom. The smallest absolute Gasteiger partial charge is 0.420 e. The van der Waals surface area contributed by atoms with Gasteiger partial charge in [0, 0.05) is 45.3 Å². The minimum Gasteiger partial charge on any atom is -0.482 e. The van der Waals surface area contributed by atoms with Crippen LogP contribution in [0.25, 0.3) is 11.1 Å². The molecule has 4 nitrogen and oxygen atoms in total. The summed E-state index contributed by atoms with van der Waals surface area (Å²) in [5.41, 5.74) is -20.9. The summed E-state index contributed by atoms with van der Waals surface area (Å²) in [7, 11) is 0. The monoisotopic (exact) mass is 1030 g/mol. The highest BCUT2D eigenvalue weighted by Gasteiger charge is 2.79. The van der Waals surface area contributed by atoms with Crippen LogP contribution in [0.15, 0.2) is 12.1 Å². The number of halogens is 12. The van der Waals surface area contributed by atoms with Crippen molar-refractivity contribution in [2.75, 3.05) is 0 Å². The van der Waals surface area contributed by atoms with Gasteiger partial charge in [0.25, 0.3) is 0 Å². The molecule has 2 aromatic carbocycles. The molecule has 8 aliphatic carbocycles. The van der Waals surface area contributed by atoms with Crippen molar-refractivity contribution in [2.24, 2.45) is 69.0 Å². The summed E-state index contributed by atoms with van der Waals surface area (Å²) in [5.74, 6) is -7.83. The average molecular weight is 1040 g/mol. The SMILES string of the molecule is CC1CCC2C(C)(C)C2(Oc2c(C(F)(F)F)cc(-c3cc(C(F)(F)F)c(OC45CC(C)CCC4C5(C)C)c(OC45CC(C)CCC4C5(C)C)c3C(F)(F)F)c(C(F)(F)F)c2OC23CC(C)CCC2C3(C)C)C1. The van der Waals surface area contributed by atoms with Gasteiger partial charge in [-0.2, -0.15) is 52.7 Å². The molecule has 8 aliphatic rings. The molecule has 16 heteroatoms. The fourth-order valence-corrected chi connectivity index (χ4v) is 16.8. The van der Waals surface area contributed by atoms with Gasteiger partial charge in [0.15, 0.2) is 23.0 Å². The van der Waals surface area contributed by atoms with Crippen molar-refractivity contribution in [2.45, 2.75) is 207 Å². The maximum atomic E-state index is 16.7. The zero-order valence-corrected chi connectivity index (χ0v) is 43.4. The van der Waals surface area contributed by atoms with E-state index in [1.807, 2.05) is 27.7 Å². The molecule has 2 aromatic rings. The van der Waals surface area contributed by atoms with Gasteiger partial charge in [-0.3, -0.25) is 0 Å². The molecule has 0 amide bonds. The van der Waals surface area contributed by atoms with Crippen molar-refractivity contribution >= 4 is 0 Å². The summed E-state index contributed by atoms with van der Waals surface area (Å²) in [6, 6.07) is -0.174. The Morgan fingerprint density at radius 3 is 0.778 bits per heavy atom. The first-order valence-electron chi connectivity index (χ1n) is 26.2. The summed E-state index contributed by atoms with van der Waals surface area (Å²) >= 11 is 0. The van der Waals surface area contributed by atoms with Crippen LogP contribution in [-0.2, 0) is 24.7 Å². The van der Waals surface area contributed by atoms with Gasteiger partial charge in [-0.05, 0) is 98.3 Å². The minimum atomic E-state index is -5.82. The van der Waals surface area contributed by atoms with E-state index >= 15 is 52.7 Å². The number of alkyl halides is 12. The van der Waals surface area contributed by atoms with Crippen molar-refractivity contribution in [3.8, 4) is 34.1 Å². The van der Waals surface area contributed by atoms with E-state index in [2.05, 4.69) is 0 Å². The lowest BCUT2D eigenvalue weighted by atomic mass is 9.86. The molecular formula is C56H70F12O4. The van der Waals surface area contributed by atoms with Crippen LogP contribution in [0.5, 0.6) is 23.0 Å². The Hall–Kier alpha value is -3.20. The first kappa shape index (κ1) is 52.3. The molecule has 8 saturated carbocycles. The van der Waals surface area contributed by atoms with Crippen LogP contribution in [0.3, 0.4) is 0 Å². The molecule has 0 heterocycles. The lowest BCUT2D eigenvalue weighted by Crippen LogP contribution is -2.35. The molecule has 72 heavy (non-hydrogen) atoms. The number of fused-ring (bicyclic) bond motifs is 4. The first-order valence-corrected chi connectivity index (χ1v) is 26.2. The Kier molecular flexibility index (Phi) is 11.1. The molecular weight excluding hydrogens is 965 g/mol. The van der Waals surface area contributed by atoms with Gasteiger partial charge in [-0.15, -0.1) is 0 Å². The van der Waals surface area contributed by atoms with Crippen LogP contribution >= 0.6 is 0 Å². The predicted molar refractivity (Wildman–Crippen MR) is 246 cm³/mol. The highest BCUT2D eigenvalue weighted by molar-refractivity contribution is 5.82. The lowest BCUT2D eigenvalue weighted by Gasteiger charge is -2.36. The van der Waals surface area contributed by atoms with E-state index in [1.54, 1.807) is 55.4 Å². The summed E-state index contributed by atoms with van der Waals surface area (Å²) in [6.45, 7) is 21.4. The highest BCUT2D eigenvalue weighted by atomic mass is 19.4. The molecule has 0 radical (unpaired) electrons. The zero-order chi connectivity index (χ0) is 53.1. The van der Waals surface area contributed by atoms with Crippen molar-refractivity contribution in [1.82, 2.24) is 0 Å². The van der Waals surface area contributed by atoms with E-state index in [4.69, 9.17) is 18.9 Å². The topological polar surface area (TPSA) is 36.9 Å². The van der Waals surface area contributed by atoms with E-state index in [0.717, 1.165) is 0 Å². The Labute approximate surface area is 415 Å². The van der Waals surface area contributed by atoms with Gasteiger partial charge in [0.05, 0.1) is 0 Å². The number of benzene rings is 2. The fourth-order valence-electron chi connectivity index (χ4n) is 16.8. The number of hydrogen-bond donors (Lipinski definition) is 0. The number of hydrogen-bond acceptors (Lipinski definition) is 4.